The van der Waals surface area contributed by atoms with Crippen LogP contribution in [0.3, 0.4) is 0 Å². The zero-order valence-corrected chi connectivity index (χ0v) is 18.0. The maximum absolute atomic E-state index is 6.52. The molecule has 0 radical (unpaired) electrons. The Morgan fingerprint density at radius 2 is 1.86 bits per heavy atom. The van der Waals surface area contributed by atoms with Crippen molar-refractivity contribution in [3.63, 3.8) is 0 Å². The van der Waals surface area contributed by atoms with Crippen LogP contribution in [0.2, 0.25) is 5.02 Å². The van der Waals surface area contributed by atoms with E-state index in [-0.39, 0.29) is 11.5 Å². The van der Waals surface area contributed by atoms with Crippen LogP contribution in [0.25, 0.3) is 10.8 Å². The van der Waals surface area contributed by atoms with Crippen molar-refractivity contribution < 1.29 is 4.74 Å². The largest absolute Gasteiger partial charge is 0.485 e. The number of hydrogen-bond acceptors (Lipinski definition) is 2. The minimum atomic E-state index is -0.157. The van der Waals surface area contributed by atoms with Crippen LogP contribution in [0.1, 0.15) is 44.7 Å². The van der Waals surface area contributed by atoms with E-state index in [2.05, 4.69) is 82.1 Å². The number of fused-ring (bicyclic) bond motifs is 2. The van der Waals surface area contributed by atoms with Crippen molar-refractivity contribution >= 4 is 28.1 Å². The predicted molar refractivity (Wildman–Crippen MR) is 120 cm³/mol. The third-order valence-electron chi connectivity index (χ3n) is 6.15. The summed E-state index contributed by atoms with van der Waals surface area (Å²) < 4.78 is 6.52. The Morgan fingerprint density at radius 1 is 1.07 bits per heavy atom. The summed E-state index contributed by atoms with van der Waals surface area (Å²) in [5.41, 5.74) is 3.61. The molecule has 0 aliphatic carbocycles. The molecule has 3 heteroatoms. The number of likely N-dealkylation sites (N-methyl/N-ethyl adjacent to an activating group) is 1. The third-order valence-corrected chi connectivity index (χ3v) is 6.48. The highest BCUT2D eigenvalue weighted by Gasteiger charge is 2.37. The molecule has 0 spiro atoms. The predicted octanol–water partition coefficient (Wildman–Crippen LogP) is 6.79. The van der Waals surface area contributed by atoms with E-state index in [9.17, 15) is 0 Å². The van der Waals surface area contributed by atoms with Gasteiger partial charge in [0.2, 0.25) is 0 Å². The molecule has 1 aliphatic rings. The SMILES string of the molecule is CC(C)c1ccc2c(c1)N(C)CC(C(C)(C)c1ccc3cccc(Cl)c3c1)O2. The fourth-order valence-electron chi connectivity index (χ4n) is 4.03. The Hall–Kier alpha value is -2.19. The Morgan fingerprint density at radius 3 is 2.61 bits per heavy atom. The van der Waals surface area contributed by atoms with Gasteiger partial charge in [0.1, 0.15) is 11.9 Å². The van der Waals surface area contributed by atoms with Crippen molar-refractivity contribution in [1.29, 1.82) is 0 Å². The number of halogens is 1. The highest BCUT2D eigenvalue weighted by molar-refractivity contribution is 6.35. The number of ether oxygens (including phenoxy) is 1. The molecule has 0 saturated heterocycles. The number of hydrogen-bond donors (Lipinski definition) is 0. The fourth-order valence-corrected chi connectivity index (χ4v) is 4.26. The molecule has 146 valence electrons. The molecule has 3 aromatic rings. The van der Waals surface area contributed by atoms with Gasteiger partial charge in [-0.05, 0) is 46.7 Å². The normalized spacial score (nSPS) is 17.0. The van der Waals surface area contributed by atoms with Crippen molar-refractivity contribution in [1.82, 2.24) is 0 Å². The Bertz CT molecular complexity index is 1020. The first-order valence-electron chi connectivity index (χ1n) is 9.98. The summed E-state index contributed by atoms with van der Waals surface area (Å²) in [5, 5.41) is 3.06. The number of benzene rings is 3. The van der Waals surface area contributed by atoms with E-state index in [1.165, 1.54) is 22.2 Å². The minimum Gasteiger partial charge on any atom is -0.485 e. The van der Waals surface area contributed by atoms with E-state index >= 15 is 0 Å². The van der Waals surface area contributed by atoms with Crippen LogP contribution in [0, 0.1) is 0 Å². The molecule has 2 nitrogen and oxygen atoms in total. The van der Waals surface area contributed by atoms with E-state index in [1.54, 1.807) is 0 Å². The van der Waals surface area contributed by atoms with Gasteiger partial charge >= 0.3 is 0 Å². The molecule has 0 fully saturated rings. The molecule has 1 heterocycles. The lowest BCUT2D eigenvalue weighted by Gasteiger charge is -2.42. The van der Waals surface area contributed by atoms with Gasteiger partial charge in [0.05, 0.1) is 12.2 Å². The smallest absolute Gasteiger partial charge is 0.143 e. The van der Waals surface area contributed by atoms with Crippen LogP contribution in [0.15, 0.2) is 54.6 Å². The lowest BCUT2D eigenvalue weighted by atomic mass is 9.78. The second-order valence-electron chi connectivity index (χ2n) is 8.77. The van der Waals surface area contributed by atoms with Gasteiger partial charge in [-0.1, -0.05) is 69.6 Å². The molecule has 0 saturated carbocycles. The van der Waals surface area contributed by atoms with Crippen LogP contribution in [0.5, 0.6) is 5.75 Å². The quantitative estimate of drug-likeness (QED) is 0.485. The first kappa shape index (κ1) is 19.1. The van der Waals surface area contributed by atoms with Crippen LogP contribution in [-0.4, -0.2) is 19.7 Å². The van der Waals surface area contributed by atoms with Gasteiger partial charge in [0.25, 0.3) is 0 Å². The van der Waals surface area contributed by atoms with E-state index < -0.39 is 0 Å². The maximum Gasteiger partial charge on any atom is 0.143 e. The second-order valence-corrected chi connectivity index (χ2v) is 9.17. The van der Waals surface area contributed by atoms with E-state index in [4.69, 9.17) is 16.3 Å². The lowest BCUT2D eigenvalue weighted by Crippen LogP contribution is -2.48. The van der Waals surface area contributed by atoms with Gasteiger partial charge in [-0.2, -0.15) is 0 Å². The Labute approximate surface area is 173 Å². The maximum atomic E-state index is 6.52. The zero-order valence-electron chi connectivity index (χ0n) is 17.3. The van der Waals surface area contributed by atoms with Gasteiger partial charge in [-0.15, -0.1) is 0 Å². The molecule has 4 rings (SSSR count). The molecule has 1 atom stereocenters. The molecule has 28 heavy (non-hydrogen) atoms. The lowest BCUT2D eigenvalue weighted by molar-refractivity contribution is 0.122. The fraction of sp³-hybridized carbons (Fsp3) is 0.360. The highest BCUT2D eigenvalue weighted by atomic mass is 35.5. The standard InChI is InChI=1S/C25H28ClNO/c1-16(2)18-10-12-23-22(13-18)27(5)15-24(28-23)25(3,4)19-11-9-17-7-6-8-21(26)20(17)14-19/h6-14,16,24H,15H2,1-5H3. The van der Waals surface area contributed by atoms with Crippen molar-refractivity contribution in [2.24, 2.45) is 0 Å². The van der Waals surface area contributed by atoms with Gasteiger partial charge in [-0.25, -0.2) is 0 Å². The minimum absolute atomic E-state index is 0.0508. The van der Waals surface area contributed by atoms with E-state index in [1.807, 2.05) is 12.1 Å². The van der Waals surface area contributed by atoms with Crippen LogP contribution < -0.4 is 9.64 Å². The summed E-state index contributed by atoms with van der Waals surface area (Å²) in [6.07, 6.45) is 0.0508. The van der Waals surface area contributed by atoms with E-state index in [0.29, 0.717) is 5.92 Å². The van der Waals surface area contributed by atoms with Crippen LogP contribution in [-0.2, 0) is 5.41 Å². The first-order chi connectivity index (χ1) is 13.3. The summed E-state index contributed by atoms with van der Waals surface area (Å²) in [6.45, 7) is 9.82. The van der Waals surface area contributed by atoms with Crippen molar-refractivity contribution in [3.8, 4) is 5.75 Å². The highest BCUT2D eigenvalue weighted by Crippen LogP contribution is 2.41. The summed E-state index contributed by atoms with van der Waals surface area (Å²) in [7, 11) is 2.16. The zero-order chi connectivity index (χ0) is 20.1. The molecule has 0 aromatic heterocycles. The summed E-state index contributed by atoms with van der Waals surface area (Å²) >= 11 is 6.46. The van der Waals surface area contributed by atoms with Gasteiger partial charge in [0, 0.05) is 22.9 Å². The monoisotopic (exact) mass is 393 g/mol. The molecule has 1 aliphatic heterocycles. The third kappa shape index (κ3) is 3.24. The molecule has 0 bridgehead atoms. The molecule has 3 aromatic carbocycles. The van der Waals surface area contributed by atoms with E-state index in [0.717, 1.165) is 22.7 Å². The molecule has 0 amide bonds. The molecule has 0 N–H and O–H groups in total. The number of anilines is 1. The second kappa shape index (κ2) is 7.00. The summed E-state index contributed by atoms with van der Waals surface area (Å²) in [4.78, 5) is 2.32. The van der Waals surface area contributed by atoms with Crippen LogP contribution in [0.4, 0.5) is 5.69 Å². The molecule has 1 unspecified atom stereocenters. The van der Waals surface area contributed by atoms with Crippen LogP contribution >= 0.6 is 11.6 Å². The summed E-state index contributed by atoms with van der Waals surface area (Å²) in [5.74, 6) is 1.48. The number of nitrogens with zero attached hydrogens (tertiary/aromatic N) is 1. The van der Waals surface area contributed by atoms with Gasteiger partial charge in [-0.3, -0.25) is 0 Å². The van der Waals surface area contributed by atoms with Gasteiger partial charge in [0.15, 0.2) is 0 Å². The summed E-state index contributed by atoms with van der Waals surface area (Å²) in [6, 6.07) is 19.2. The average molecular weight is 394 g/mol. The van der Waals surface area contributed by atoms with Gasteiger partial charge < -0.3 is 9.64 Å². The molecular formula is C25H28ClNO. The van der Waals surface area contributed by atoms with Crippen molar-refractivity contribution in [2.75, 3.05) is 18.5 Å². The number of rotatable bonds is 3. The average Bonchev–Trinajstić information content (AvgIpc) is 2.67. The molecular weight excluding hydrogens is 366 g/mol. The Balaban J connectivity index is 1.69. The first-order valence-corrected chi connectivity index (χ1v) is 10.4. The Kier molecular flexibility index (Phi) is 4.79. The van der Waals surface area contributed by atoms with Crippen molar-refractivity contribution in [3.05, 3.63) is 70.7 Å². The topological polar surface area (TPSA) is 12.5 Å². The van der Waals surface area contributed by atoms with Crippen molar-refractivity contribution in [2.45, 2.75) is 45.1 Å².